The summed E-state index contributed by atoms with van der Waals surface area (Å²) in [5.74, 6) is 1.54. The van der Waals surface area contributed by atoms with Crippen LogP contribution in [0.15, 0.2) is 72.9 Å². The summed E-state index contributed by atoms with van der Waals surface area (Å²) in [6.45, 7) is 7.88. The minimum Gasteiger partial charge on any atom is -0.454 e. The van der Waals surface area contributed by atoms with Crippen molar-refractivity contribution in [3.8, 4) is 17.2 Å². The zero-order valence-corrected chi connectivity index (χ0v) is 23.4. The van der Waals surface area contributed by atoms with Crippen molar-refractivity contribution in [2.24, 2.45) is 0 Å². The molecule has 9 heteroatoms. The van der Waals surface area contributed by atoms with Crippen LogP contribution in [0.1, 0.15) is 34.7 Å². The van der Waals surface area contributed by atoms with E-state index in [0.717, 1.165) is 66.3 Å². The van der Waals surface area contributed by atoms with Crippen molar-refractivity contribution >= 4 is 28.7 Å². The van der Waals surface area contributed by atoms with E-state index in [0.29, 0.717) is 5.11 Å². The molecule has 8 nitrogen and oxygen atoms in total. The lowest BCUT2D eigenvalue weighted by Crippen LogP contribution is -2.36. The lowest BCUT2D eigenvalue weighted by Gasteiger charge is -2.31. The Labute approximate surface area is 239 Å². The maximum Gasteiger partial charge on any atom is 0.231 e. The van der Waals surface area contributed by atoms with Gasteiger partial charge in [0.1, 0.15) is 0 Å². The van der Waals surface area contributed by atoms with Crippen LogP contribution in [0.25, 0.3) is 5.69 Å². The molecule has 4 aromatic rings. The number of ether oxygens (including phenoxy) is 3. The van der Waals surface area contributed by atoms with Gasteiger partial charge in [0.05, 0.1) is 31.0 Å². The van der Waals surface area contributed by atoms with Crippen LogP contribution in [0, 0.1) is 13.8 Å². The Balaban J connectivity index is 1.30. The Morgan fingerprint density at radius 2 is 1.62 bits per heavy atom. The third-order valence-corrected chi connectivity index (χ3v) is 8.32. The van der Waals surface area contributed by atoms with Crippen LogP contribution in [0.5, 0.6) is 11.5 Å². The molecule has 0 spiro atoms. The molecule has 0 radical (unpaired) electrons. The number of thiocarbonyl (C=S) groups is 1. The summed E-state index contributed by atoms with van der Waals surface area (Å²) in [6, 6.07) is 22.9. The number of fused-ring (bicyclic) bond motifs is 1. The van der Waals surface area contributed by atoms with Crippen molar-refractivity contribution in [1.29, 1.82) is 0 Å². The van der Waals surface area contributed by atoms with E-state index in [1.165, 1.54) is 11.3 Å². The molecule has 5 heterocycles. The number of morpholine rings is 1. The maximum absolute atomic E-state index is 5.99. The Bertz CT molecular complexity index is 1550. The van der Waals surface area contributed by atoms with Crippen molar-refractivity contribution < 1.29 is 14.2 Å². The van der Waals surface area contributed by atoms with Crippen LogP contribution >= 0.6 is 12.2 Å². The van der Waals surface area contributed by atoms with Gasteiger partial charge in [-0.25, -0.2) is 0 Å². The molecule has 2 aromatic heterocycles. The summed E-state index contributed by atoms with van der Waals surface area (Å²) in [4.78, 5) is 9.33. The van der Waals surface area contributed by atoms with Crippen LogP contribution in [0.3, 0.4) is 0 Å². The quantitative estimate of drug-likeness (QED) is 0.337. The molecular formula is C31H31N5O3S. The Morgan fingerprint density at radius 1 is 0.875 bits per heavy atom. The van der Waals surface area contributed by atoms with Gasteiger partial charge in [-0.3, -0.25) is 4.98 Å². The van der Waals surface area contributed by atoms with Crippen molar-refractivity contribution in [3.63, 3.8) is 0 Å². The standard InChI is InChI=1S/C31H31N5O3S/c1-20-17-25(21(2)35(20)24-10-11-27-28(18-24)39-19-38-27)30-29(26-5-3-4-12-32-26)33-31(40)36(30)23-8-6-22(7-9-23)34-13-15-37-16-14-34/h3-12,17-18,29-30H,13-16,19H2,1-2H3,(H,33,40)/t29-,30-/m1/s1. The number of hydrogen-bond acceptors (Lipinski definition) is 6. The van der Waals surface area contributed by atoms with Crippen molar-refractivity contribution in [2.75, 3.05) is 42.9 Å². The summed E-state index contributed by atoms with van der Waals surface area (Å²) in [5, 5.41) is 4.28. The van der Waals surface area contributed by atoms with Crippen LogP contribution in [0.4, 0.5) is 11.4 Å². The van der Waals surface area contributed by atoms with Crippen molar-refractivity contribution in [1.82, 2.24) is 14.9 Å². The highest BCUT2D eigenvalue weighted by Crippen LogP contribution is 2.44. The molecular weight excluding hydrogens is 522 g/mol. The molecule has 0 aliphatic carbocycles. The first-order valence-corrected chi connectivity index (χ1v) is 14.0. The van der Waals surface area contributed by atoms with E-state index in [2.05, 4.69) is 76.0 Å². The number of hydrogen-bond donors (Lipinski definition) is 1. The third-order valence-electron chi connectivity index (χ3n) is 8.01. The summed E-state index contributed by atoms with van der Waals surface area (Å²) >= 11 is 5.99. The lowest BCUT2D eigenvalue weighted by molar-refractivity contribution is 0.122. The first-order valence-electron chi connectivity index (χ1n) is 13.6. The van der Waals surface area contributed by atoms with Gasteiger partial charge in [-0.2, -0.15) is 0 Å². The Kier molecular flexibility index (Phi) is 6.32. The van der Waals surface area contributed by atoms with Crippen LogP contribution in [0.2, 0.25) is 0 Å². The topological polar surface area (TPSA) is 64.0 Å². The van der Waals surface area contributed by atoms with Gasteiger partial charge in [0.25, 0.3) is 0 Å². The second-order valence-electron chi connectivity index (χ2n) is 10.3. The number of nitrogens with one attached hydrogen (secondary N) is 1. The summed E-state index contributed by atoms with van der Waals surface area (Å²) in [7, 11) is 0. The molecule has 0 saturated carbocycles. The van der Waals surface area contributed by atoms with Gasteiger partial charge >= 0.3 is 0 Å². The Morgan fingerprint density at radius 3 is 2.40 bits per heavy atom. The summed E-state index contributed by atoms with van der Waals surface area (Å²) in [6.07, 6.45) is 1.84. The highest BCUT2D eigenvalue weighted by Gasteiger charge is 2.42. The highest BCUT2D eigenvalue weighted by atomic mass is 32.1. The predicted octanol–water partition coefficient (Wildman–Crippen LogP) is 5.23. The van der Waals surface area contributed by atoms with Gasteiger partial charge in [0, 0.05) is 53.8 Å². The number of aryl methyl sites for hydroxylation is 1. The van der Waals surface area contributed by atoms with E-state index < -0.39 is 0 Å². The maximum atomic E-state index is 5.99. The molecule has 2 aromatic carbocycles. The highest BCUT2D eigenvalue weighted by molar-refractivity contribution is 7.80. The predicted molar refractivity (Wildman–Crippen MR) is 159 cm³/mol. The first-order chi connectivity index (χ1) is 19.6. The van der Waals surface area contributed by atoms with Gasteiger partial charge in [-0.15, -0.1) is 0 Å². The molecule has 7 rings (SSSR count). The molecule has 40 heavy (non-hydrogen) atoms. The average Bonchev–Trinajstić information content (AvgIpc) is 3.68. The molecule has 2 atom stereocenters. The summed E-state index contributed by atoms with van der Waals surface area (Å²) in [5.41, 5.74) is 7.70. The van der Waals surface area contributed by atoms with Gasteiger partial charge < -0.3 is 33.9 Å². The summed E-state index contributed by atoms with van der Waals surface area (Å²) < 4.78 is 19.0. The van der Waals surface area contributed by atoms with Gasteiger partial charge in [0.15, 0.2) is 16.6 Å². The molecule has 0 amide bonds. The molecule has 0 bridgehead atoms. The molecule has 204 valence electrons. The van der Waals surface area contributed by atoms with Crippen molar-refractivity contribution in [2.45, 2.75) is 25.9 Å². The minimum absolute atomic E-state index is 0.0920. The average molecular weight is 554 g/mol. The van der Waals surface area contributed by atoms with Gasteiger partial charge in [0.2, 0.25) is 6.79 Å². The van der Waals surface area contributed by atoms with E-state index in [-0.39, 0.29) is 18.9 Å². The number of nitrogens with zero attached hydrogens (tertiary/aromatic N) is 4. The molecule has 2 saturated heterocycles. The van der Waals surface area contributed by atoms with Crippen LogP contribution < -0.4 is 24.6 Å². The van der Waals surface area contributed by atoms with E-state index in [1.807, 2.05) is 30.5 Å². The number of anilines is 2. The largest absolute Gasteiger partial charge is 0.454 e. The second-order valence-corrected chi connectivity index (χ2v) is 10.7. The molecule has 1 N–H and O–H groups in total. The van der Waals surface area contributed by atoms with Gasteiger partial charge in [-0.1, -0.05) is 6.07 Å². The molecule has 3 aliphatic rings. The minimum atomic E-state index is -0.113. The molecule has 2 fully saturated rings. The third kappa shape index (κ3) is 4.26. The zero-order valence-electron chi connectivity index (χ0n) is 22.5. The molecule has 3 aliphatic heterocycles. The second kappa shape index (κ2) is 10.1. The number of benzene rings is 2. The smallest absolute Gasteiger partial charge is 0.231 e. The number of aromatic nitrogens is 2. The zero-order chi connectivity index (χ0) is 27.2. The number of rotatable bonds is 5. The van der Waals surface area contributed by atoms with E-state index in [9.17, 15) is 0 Å². The molecule has 0 unspecified atom stereocenters. The first kappa shape index (κ1) is 24.9. The van der Waals surface area contributed by atoms with E-state index in [1.54, 1.807) is 0 Å². The fraction of sp³-hybridized carbons (Fsp3) is 0.290. The SMILES string of the molecule is Cc1cc([C@@H]2[C@@H](c3ccccn3)NC(=S)N2c2ccc(N3CCOCC3)cc2)c(C)n1-c1ccc2c(c1)OCO2. The van der Waals surface area contributed by atoms with Crippen LogP contribution in [-0.2, 0) is 4.74 Å². The van der Waals surface area contributed by atoms with E-state index >= 15 is 0 Å². The number of pyridine rings is 1. The lowest BCUT2D eigenvalue weighted by atomic mass is 9.96. The van der Waals surface area contributed by atoms with E-state index in [4.69, 9.17) is 31.4 Å². The van der Waals surface area contributed by atoms with Crippen LogP contribution in [-0.4, -0.2) is 47.8 Å². The normalized spacial score (nSPS) is 20.2. The monoisotopic (exact) mass is 553 g/mol. The van der Waals surface area contributed by atoms with Crippen molar-refractivity contribution in [3.05, 3.63) is 95.6 Å². The van der Waals surface area contributed by atoms with Gasteiger partial charge in [-0.05, 0) is 86.2 Å². The fourth-order valence-corrected chi connectivity index (χ4v) is 6.45. The fourth-order valence-electron chi connectivity index (χ4n) is 6.10. The Hall–Kier alpha value is -4.08.